The van der Waals surface area contributed by atoms with Crippen LogP contribution >= 0.6 is 23.2 Å². The minimum Gasteiger partial charge on any atom is -0.130 e. The Labute approximate surface area is 62.2 Å². The van der Waals surface area contributed by atoms with Gasteiger partial charge < -0.3 is 0 Å². The molecule has 0 saturated carbocycles. The fourth-order valence-electron chi connectivity index (χ4n) is 0.225. The Bertz CT molecular complexity index is 53.2. The van der Waals surface area contributed by atoms with Crippen LogP contribution in [0.15, 0.2) is 0 Å². The molecule has 3 heteroatoms. The van der Waals surface area contributed by atoms with Crippen molar-refractivity contribution in [2.24, 2.45) is 0 Å². The van der Waals surface area contributed by atoms with Gasteiger partial charge in [-0.25, -0.2) is 0 Å². The fraction of sp³-hybridized carbons (Fsp3) is 1.00. The van der Waals surface area contributed by atoms with Gasteiger partial charge in [0.05, 0.1) is 8.07 Å². The van der Waals surface area contributed by atoms with Gasteiger partial charge in [0.1, 0.15) is 0 Å². The summed E-state index contributed by atoms with van der Waals surface area (Å²) in [5.74, 6) is 0. The van der Waals surface area contributed by atoms with Crippen molar-refractivity contribution in [3.05, 3.63) is 0 Å². The van der Waals surface area contributed by atoms with Gasteiger partial charge in [-0.2, -0.15) is 0 Å². The predicted molar refractivity (Wildman–Crippen MR) is 43.5 cm³/mol. The van der Waals surface area contributed by atoms with E-state index in [1.807, 2.05) is 0 Å². The van der Waals surface area contributed by atoms with Gasteiger partial charge >= 0.3 is 0 Å². The van der Waals surface area contributed by atoms with Gasteiger partial charge in [-0.1, -0.05) is 19.5 Å². The quantitative estimate of drug-likeness (QED) is 0.452. The van der Waals surface area contributed by atoms with Crippen LogP contribution in [0.25, 0.3) is 0 Å². The Morgan fingerprint density at radius 2 is 1.62 bits per heavy atom. The summed E-state index contributed by atoms with van der Waals surface area (Å²) in [6.07, 6.45) is 0. The molecule has 0 heterocycles. The molecule has 0 atom stereocenters. The number of rotatable bonds is 3. The molecule has 0 fully saturated rings. The van der Waals surface area contributed by atoms with E-state index in [-0.39, 0.29) is 0 Å². The molecule has 0 aliphatic heterocycles. The number of hydrogen-bond acceptors (Lipinski definition) is 0. The molecule has 0 bridgehead atoms. The summed E-state index contributed by atoms with van der Waals surface area (Å²) in [5.41, 5.74) is 1.60. The van der Waals surface area contributed by atoms with Crippen molar-refractivity contribution in [1.29, 1.82) is 0 Å². The highest BCUT2D eigenvalue weighted by atomic mass is 35.5. The number of hydrogen-bond donors (Lipinski definition) is 0. The van der Waals surface area contributed by atoms with Crippen molar-refractivity contribution in [2.75, 3.05) is 11.0 Å². The lowest BCUT2D eigenvalue weighted by molar-refractivity contribution is 1.34. The van der Waals surface area contributed by atoms with Crippen LogP contribution in [0.4, 0.5) is 0 Å². The van der Waals surface area contributed by atoms with E-state index >= 15 is 0 Å². The first-order valence-electron chi connectivity index (χ1n) is 2.80. The topological polar surface area (TPSA) is 0 Å². The molecule has 0 amide bonds. The summed E-state index contributed by atoms with van der Waals surface area (Å²) in [5, 5.41) is 0. The molecule has 0 radical (unpaired) electrons. The first kappa shape index (κ1) is 8.80. The van der Waals surface area contributed by atoms with Crippen molar-refractivity contribution >= 4 is 31.3 Å². The third-order valence-electron chi connectivity index (χ3n) is 1.50. The minimum absolute atomic E-state index is 0.799. The van der Waals surface area contributed by atoms with Gasteiger partial charge in [0.2, 0.25) is 0 Å². The molecule has 0 aliphatic carbocycles. The molecule has 0 saturated heterocycles. The van der Waals surface area contributed by atoms with E-state index in [1.54, 1.807) is 0 Å². The molecular formula is C5H12Cl2Si. The van der Waals surface area contributed by atoms with Crippen LogP contribution in [-0.2, 0) is 0 Å². The molecule has 0 aromatic carbocycles. The fourth-order valence-corrected chi connectivity index (χ4v) is 2.67. The standard InChI is InChI=1S/C5H12Cl2Si/c1-3-8(2,4-6)5-7/h3-5H2,1-2H3. The first-order valence-corrected chi connectivity index (χ1v) is 6.99. The Hall–Kier alpha value is 0.797. The zero-order valence-corrected chi connectivity index (χ0v) is 7.89. The normalized spacial score (nSPS) is 12.0. The molecule has 0 N–H and O–H groups in total. The van der Waals surface area contributed by atoms with E-state index in [9.17, 15) is 0 Å². The maximum atomic E-state index is 5.69. The second-order valence-corrected chi connectivity index (χ2v) is 8.90. The summed E-state index contributed by atoms with van der Waals surface area (Å²) in [6, 6.07) is 1.19. The summed E-state index contributed by atoms with van der Waals surface area (Å²) in [7, 11) is -1.14. The van der Waals surface area contributed by atoms with Crippen LogP contribution in [0.5, 0.6) is 0 Å². The van der Waals surface area contributed by atoms with Crippen LogP contribution in [0.3, 0.4) is 0 Å². The maximum Gasteiger partial charge on any atom is 0.0827 e. The molecule has 0 aromatic heterocycles. The maximum absolute atomic E-state index is 5.69. The van der Waals surface area contributed by atoms with E-state index in [1.165, 1.54) is 6.04 Å². The van der Waals surface area contributed by atoms with Gasteiger partial charge in [-0.15, -0.1) is 23.2 Å². The molecule has 0 rings (SSSR count). The molecule has 0 unspecified atom stereocenters. The molecule has 8 heavy (non-hydrogen) atoms. The zero-order chi connectivity index (χ0) is 6.62. The third-order valence-corrected chi connectivity index (χ3v) is 8.37. The Balaban J connectivity index is 3.58. The van der Waals surface area contributed by atoms with Crippen LogP contribution in [0.1, 0.15) is 6.92 Å². The van der Waals surface area contributed by atoms with Crippen LogP contribution in [0.2, 0.25) is 12.6 Å². The first-order chi connectivity index (χ1) is 3.68. The molecular weight excluding hydrogens is 159 g/mol. The van der Waals surface area contributed by atoms with Gasteiger partial charge in [-0.3, -0.25) is 0 Å². The van der Waals surface area contributed by atoms with Gasteiger partial charge in [0.15, 0.2) is 0 Å². The molecule has 0 spiro atoms. The monoisotopic (exact) mass is 170 g/mol. The van der Waals surface area contributed by atoms with Gasteiger partial charge in [0, 0.05) is 11.0 Å². The smallest absolute Gasteiger partial charge is 0.0827 e. The summed E-state index contributed by atoms with van der Waals surface area (Å²) in [4.78, 5) is 0. The van der Waals surface area contributed by atoms with Crippen molar-refractivity contribution in [2.45, 2.75) is 19.5 Å². The predicted octanol–water partition coefficient (Wildman–Crippen LogP) is 2.64. The van der Waals surface area contributed by atoms with E-state index < -0.39 is 8.07 Å². The Kier molecular flexibility index (Phi) is 4.13. The lowest BCUT2D eigenvalue weighted by Gasteiger charge is -2.17. The second-order valence-electron chi connectivity index (χ2n) is 2.43. The summed E-state index contributed by atoms with van der Waals surface area (Å²) < 4.78 is 0. The second kappa shape index (κ2) is 3.75. The average Bonchev–Trinajstić information content (AvgIpc) is 1.87. The van der Waals surface area contributed by atoms with E-state index in [0.29, 0.717) is 0 Å². The molecule has 0 aliphatic rings. The highest BCUT2D eigenvalue weighted by molar-refractivity contribution is 6.88. The minimum atomic E-state index is -1.14. The average molecular weight is 171 g/mol. The number of alkyl halides is 2. The lowest BCUT2D eigenvalue weighted by Crippen LogP contribution is -2.34. The zero-order valence-electron chi connectivity index (χ0n) is 5.38. The summed E-state index contributed by atoms with van der Waals surface area (Å²) >= 11 is 11.4. The highest BCUT2D eigenvalue weighted by Gasteiger charge is 2.21. The van der Waals surface area contributed by atoms with Gasteiger partial charge in [0.25, 0.3) is 0 Å². The highest BCUT2D eigenvalue weighted by Crippen LogP contribution is 2.11. The largest absolute Gasteiger partial charge is 0.130 e. The SMILES string of the molecule is CC[Si](C)(CCl)CCl. The Morgan fingerprint density at radius 1 is 1.25 bits per heavy atom. The van der Waals surface area contributed by atoms with Gasteiger partial charge in [-0.05, 0) is 0 Å². The van der Waals surface area contributed by atoms with Crippen molar-refractivity contribution in [1.82, 2.24) is 0 Å². The molecule has 0 aromatic rings. The van der Waals surface area contributed by atoms with E-state index in [2.05, 4.69) is 13.5 Å². The number of halogens is 2. The molecule has 0 nitrogen and oxygen atoms in total. The van der Waals surface area contributed by atoms with E-state index in [4.69, 9.17) is 23.2 Å². The van der Waals surface area contributed by atoms with Crippen LogP contribution < -0.4 is 0 Å². The van der Waals surface area contributed by atoms with Crippen LogP contribution in [-0.4, -0.2) is 19.1 Å². The van der Waals surface area contributed by atoms with E-state index in [0.717, 1.165) is 11.0 Å². The van der Waals surface area contributed by atoms with Crippen LogP contribution in [0, 0.1) is 0 Å². The third kappa shape index (κ3) is 2.38. The lowest BCUT2D eigenvalue weighted by atomic mass is 11.0. The van der Waals surface area contributed by atoms with Crippen molar-refractivity contribution in [3.8, 4) is 0 Å². The molecule has 50 valence electrons. The van der Waals surface area contributed by atoms with Crippen molar-refractivity contribution < 1.29 is 0 Å². The Morgan fingerprint density at radius 3 is 1.62 bits per heavy atom. The van der Waals surface area contributed by atoms with Crippen molar-refractivity contribution in [3.63, 3.8) is 0 Å². The summed E-state index contributed by atoms with van der Waals surface area (Å²) in [6.45, 7) is 4.39.